The number of benzene rings is 1. The van der Waals surface area contributed by atoms with E-state index >= 15 is 0 Å². The third-order valence-corrected chi connectivity index (χ3v) is 4.81. The summed E-state index contributed by atoms with van der Waals surface area (Å²) in [6.07, 6.45) is 2.12. The van der Waals surface area contributed by atoms with Crippen LogP contribution in [-0.2, 0) is 0 Å². The minimum absolute atomic E-state index is 0.0652. The minimum Gasteiger partial charge on any atom is -0.507 e. The van der Waals surface area contributed by atoms with Crippen molar-refractivity contribution in [3.8, 4) is 5.75 Å². The third kappa shape index (κ3) is 3.96. The molecular formula is C18H29N3O2. The van der Waals surface area contributed by atoms with Gasteiger partial charge >= 0.3 is 0 Å². The molecule has 1 aliphatic rings. The van der Waals surface area contributed by atoms with Gasteiger partial charge in [0, 0.05) is 44.5 Å². The summed E-state index contributed by atoms with van der Waals surface area (Å²) >= 11 is 0. The smallest absolute Gasteiger partial charge is 0.257 e. The molecule has 1 aliphatic heterocycles. The maximum atomic E-state index is 12.7. The van der Waals surface area contributed by atoms with Crippen molar-refractivity contribution in [2.75, 3.05) is 45.2 Å². The summed E-state index contributed by atoms with van der Waals surface area (Å²) in [6, 6.07) is 5.57. The Morgan fingerprint density at radius 2 is 2.04 bits per heavy atom. The van der Waals surface area contributed by atoms with Gasteiger partial charge in [-0.3, -0.25) is 4.79 Å². The first kappa shape index (κ1) is 17.6. The Hall–Kier alpha value is -1.75. The number of rotatable bonds is 5. The largest absolute Gasteiger partial charge is 0.507 e. The lowest BCUT2D eigenvalue weighted by atomic mass is 10.0. The van der Waals surface area contributed by atoms with E-state index in [9.17, 15) is 9.90 Å². The Kier molecular flexibility index (Phi) is 5.88. The van der Waals surface area contributed by atoms with E-state index < -0.39 is 0 Å². The molecule has 5 nitrogen and oxygen atoms in total. The SMILES string of the molecule is CCN(CC)c1ccc(C(=O)N(C)C2CCCN(C)C2)c(O)c1. The Morgan fingerprint density at radius 1 is 1.35 bits per heavy atom. The van der Waals surface area contributed by atoms with E-state index in [-0.39, 0.29) is 17.7 Å². The Bertz CT molecular complexity index is 543. The number of phenolic OH excluding ortho intramolecular Hbond substituents is 1. The molecule has 1 heterocycles. The van der Waals surface area contributed by atoms with Crippen molar-refractivity contribution in [3.63, 3.8) is 0 Å². The van der Waals surface area contributed by atoms with E-state index in [1.54, 1.807) is 17.0 Å². The zero-order chi connectivity index (χ0) is 17.0. The average molecular weight is 319 g/mol. The molecule has 0 bridgehead atoms. The molecule has 2 rings (SSSR count). The van der Waals surface area contributed by atoms with Crippen LogP contribution in [0.25, 0.3) is 0 Å². The highest BCUT2D eigenvalue weighted by atomic mass is 16.3. The van der Waals surface area contributed by atoms with Crippen LogP contribution >= 0.6 is 0 Å². The second-order valence-corrected chi connectivity index (χ2v) is 6.35. The highest BCUT2D eigenvalue weighted by molar-refractivity contribution is 5.97. The van der Waals surface area contributed by atoms with Gasteiger partial charge in [-0.2, -0.15) is 0 Å². The normalized spacial score (nSPS) is 18.7. The number of aromatic hydroxyl groups is 1. The van der Waals surface area contributed by atoms with E-state index in [0.717, 1.165) is 44.7 Å². The summed E-state index contributed by atoms with van der Waals surface area (Å²) in [4.78, 5) is 18.9. The predicted octanol–water partition coefficient (Wildman–Crippen LogP) is 2.40. The number of likely N-dealkylation sites (N-methyl/N-ethyl adjacent to an activating group) is 2. The lowest BCUT2D eigenvalue weighted by Gasteiger charge is -2.36. The number of carbonyl (C=O) groups is 1. The first-order valence-corrected chi connectivity index (χ1v) is 8.51. The highest BCUT2D eigenvalue weighted by Crippen LogP contribution is 2.27. The summed E-state index contributed by atoms with van der Waals surface area (Å²) in [5.41, 5.74) is 1.33. The monoisotopic (exact) mass is 319 g/mol. The molecule has 0 aromatic heterocycles. The maximum Gasteiger partial charge on any atom is 0.257 e. The van der Waals surface area contributed by atoms with Crippen molar-refractivity contribution in [2.24, 2.45) is 0 Å². The molecule has 1 N–H and O–H groups in total. The standard InChI is InChI=1S/C18H29N3O2/c1-5-21(6-2)14-9-10-16(17(22)12-14)18(23)20(4)15-8-7-11-19(3)13-15/h9-10,12,15,22H,5-8,11,13H2,1-4H3. The molecule has 128 valence electrons. The quantitative estimate of drug-likeness (QED) is 0.905. The summed E-state index contributed by atoms with van der Waals surface area (Å²) in [5, 5.41) is 10.3. The number of anilines is 1. The lowest BCUT2D eigenvalue weighted by Crippen LogP contribution is -2.47. The number of hydrogen-bond acceptors (Lipinski definition) is 4. The van der Waals surface area contributed by atoms with Gasteiger partial charge in [-0.25, -0.2) is 0 Å². The van der Waals surface area contributed by atoms with Crippen molar-refractivity contribution < 1.29 is 9.90 Å². The third-order valence-electron chi connectivity index (χ3n) is 4.81. The van der Waals surface area contributed by atoms with E-state index in [2.05, 4.69) is 30.7 Å². The number of nitrogens with zero attached hydrogens (tertiary/aromatic N) is 3. The van der Waals surface area contributed by atoms with Crippen LogP contribution in [0.5, 0.6) is 5.75 Å². The number of piperidine rings is 1. The molecule has 0 aliphatic carbocycles. The van der Waals surface area contributed by atoms with Crippen LogP contribution in [0.4, 0.5) is 5.69 Å². The van der Waals surface area contributed by atoms with Gasteiger partial charge in [0.05, 0.1) is 5.56 Å². The molecule has 1 amide bonds. The van der Waals surface area contributed by atoms with E-state index in [4.69, 9.17) is 0 Å². The van der Waals surface area contributed by atoms with E-state index in [0.29, 0.717) is 5.56 Å². The van der Waals surface area contributed by atoms with Gasteiger partial charge in [0.1, 0.15) is 5.75 Å². The van der Waals surface area contributed by atoms with Gasteiger partial charge in [-0.15, -0.1) is 0 Å². The van der Waals surface area contributed by atoms with E-state index in [1.807, 2.05) is 13.1 Å². The molecule has 5 heteroatoms. The fourth-order valence-electron chi connectivity index (χ4n) is 3.30. The molecule has 1 atom stereocenters. The highest BCUT2D eigenvalue weighted by Gasteiger charge is 2.26. The molecule has 0 radical (unpaired) electrons. The zero-order valence-electron chi connectivity index (χ0n) is 14.7. The van der Waals surface area contributed by atoms with Crippen LogP contribution in [0.2, 0.25) is 0 Å². The van der Waals surface area contributed by atoms with Crippen molar-refractivity contribution in [1.82, 2.24) is 9.80 Å². The van der Waals surface area contributed by atoms with Crippen LogP contribution in [0.3, 0.4) is 0 Å². The van der Waals surface area contributed by atoms with Gasteiger partial charge in [-0.1, -0.05) is 0 Å². The molecule has 1 fully saturated rings. The van der Waals surface area contributed by atoms with E-state index in [1.165, 1.54) is 0 Å². The molecule has 1 saturated heterocycles. The molecule has 1 unspecified atom stereocenters. The van der Waals surface area contributed by atoms with Gasteiger partial charge in [0.15, 0.2) is 0 Å². The van der Waals surface area contributed by atoms with Crippen molar-refractivity contribution in [1.29, 1.82) is 0 Å². The van der Waals surface area contributed by atoms with Gasteiger partial charge < -0.3 is 19.8 Å². The topological polar surface area (TPSA) is 47.0 Å². The summed E-state index contributed by atoms with van der Waals surface area (Å²) in [5.74, 6) is -0.0377. The van der Waals surface area contributed by atoms with Crippen LogP contribution in [0, 0.1) is 0 Å². The number of amides is 1. The summed E-state index contributed by atoms with van der Waals surface area (Å²) in [7, 11) is 3.92. The molecule has 1 aromatic rings. The molecule has 0 spiro atoms. The second kappa shape index (κ2) is 7.68. The van der Waals surface area contributed by atoms with Crippen LogP contribution < -0.4 is 4.90 Å². The van der Waals surface area contributed by atoms with Crippen molar-refractivity contribution >= 4 is 11.6 Å². The lowest BCUT2D eigenvalue weighted by molar-refractivity contribution is 0.0641. The molecule has 1 aromatic carbocycles. The summed E-state index contributed by atoms with van der Waals surface area (Å²) < 4.78 is 0. The van der Waals surface area contributed by atoms with Crippen LogP contribution in [0.15, 0.2) is 18.2 Å². The average Bonchev–Trinajstić information content (AvgIpc) is 2.55. The number of likely N-dealkylation sites (tertiary alicyclic amines) is 1. The Labute approximate surface area is 139 Å². The molecular weight excluding hydrogens is 290 g/mol. The predicted molar refractivity (Wildman–Crippen MR) is 94.3 cm³/mol. The van der Waals surface area contributed by atoms with Gasteiger partial charge in [0.25, 0.3) is 5.91 Å². The Balaban J connectivity index is 2.15. The van der Waals surface area contributed by atoms with Crippen LogP contribution in [0.1, 0.15) is 37.0 Å². The number of hydrogen-bond donors (Lipinski definition) is 1. The first-order valence-electron chi connectivity index (χ1n) is 8.51. The van der Waals surface area contributed by atoms with Gasteiger partial charge in [-0.05, 0) is 52.4 Å². The number of carbonyl (C=O) groups excluding carboxylic acids is 1. The zero-order valence-corrected chi connectivity index (χ0v) is 14.7. The summed E-state index contributed by atoms with van der Waals surface area (Å²) in [6.45, 7) is 7.87. The first-order chi connectivity index (χ1) is 11.0. The maximum absolute atomic E-state index is 12.7. The second-order valence-electron chi connectivity index (χ2n) is 6.35. The fourth-order valence-corrected chi connectivity index (χ4v) is 3.30. The van der Waals surface area contributed by atoms with Gasteiger partial charge in [0.2, 0.25) is 0 Å². The molecule has 23 heavy (non-hydrogen) atoms. The van der Waals surface area contributed by atoms with Crippen molar-refractivity contribution in [3.05, 3.63) is 23.8 Å². The molecule has 0 saturated carbocycles. The fraction of sp³-hybridized carbons (Fsp3) is 0.611. The Morgan fingerprint density at radius 3 is 2.61 bits per heavy atom. The van der Waals surface area contributed by atoms with Crippen LogP contribution in [-0.4, -0.2) is 67.1 Å². The number of phenols is 1. The minimum atomic E-state index is -0.103. The van der Waals surface area contributed by atoms with Crippen molar-refractivity contribution in [2.45, 2.75) is 32.7 Å².